The first-order valence-corrected chi connectivity index (χ1v) is 8.86. The summed E-state index contributed by atoms with van der Waals surface area (Å²) in [7, 11) is -0.113. The van der Waals surface area contributed by atoms with Crippen molar-refractivity contribution in [3.8, 4) is 0 Å². The summed E-state index contributed by atoms with van der Waals surface area (Å²) in [5.74, 6) is 0. The molecule has 2 aromatic heterocycles. The second-order valence-electron chi connectivity index (χ2n) is 5.16. The smallest absolute Gasteiger partial charge is 0.269 e. The summed E-state index contributed by atoms with van der Waals surface area (Å²) in [6, 6.07) is 9.59. The van der Waals surface area contributed by atoms with Crippen LogP contribution >= 0.6 is 23.2 Å². The van der Waals surface area contributed by atoms with Crippen LogP contribution in [0.15, 0.2) is 47.5 Å². The average Bonchev–Trinajstić information content (AvgIpc) is 2.90. The van der Waals surface area contributed by atoms with Crippen molar-refractivity contribution in [2.24, 2.45) is 0 Å². The van der Waals surface area contributed by atoms with Gasteiger partial charge in [0.1, 0.15) is 10.0 Å². The number of benzene rings is 1. The number of hydrogen-bond donors (Lipinski definition) is 0. The molecule has 0 unspecified atom stereocenters. The monoisotopic (exact) mass is 369 g/mol. The molecule has 0 aliphatic carbocycles. The highest BCUT2D eigenvalue weighted by atomic mass is 35.5. The van der Waals surface area contributed by atoms with Crippen molar-refractivity contribution >= 4 is 49.9 Å². The molecule has 0 atom stereocenters. The number of halogens is 2. The molecule has 0 saturated heterocycles. The van der Waals surface area contributed by atoms with E-state index >= 15 is 0 Å². The van der Waals surface area contributed by atoms with Crippen LogP contribution in [0.3, 0.4) is 0 Å². The number of rotatable bonds is 3. The van der Waals surface area contributed by atoms with Crippen LogP contribution in [-0.4, -0.2) is 31.5 Å². The predicted octanol–water partition coefficient (Wildman–Crippen LogP) is 3.65. The largest absolute Gasteiger partial charge is 0.378 e. The number of anilines is 1. The van der Waals surface area contributed by atoms with E-state index in [0.717, 1.165) is 9.66 Å². The van der Waals surface area contributed by atoms with Gasteiger partial charge in [0.25, 0.3) is 10.0 Å². The zero-order chi connectivity index (χ0) is 16.8. The maximum absolute atomic E-state index is 12.9. The highest BCUT2D eigenvalue weighted by molar-refractivity contribution is 7.90. The second-order valence-corrected chi connectivity index (χ2v) is 7.74. The van der Waals surface area contributed by atoms with Gasteiger partial charge in [-0.25, -0.2) is 17.4 Å². The minimum Gasteiger partial charge on any atom is -0.378 e. The van der Waals surface area contributed by atoms with E-state index in [0.29, 0.717) is 16.2 Å². The van der Waals surface area contributed by atoms with E-state index in [9.17, 15) is 8.42 Å². The topological polar surface area (TPSA) is 55.2 Å². The fourth-order valence-corrected chi connectivity index (χ4v) is 4.28. The van der Waals surface area contributed by atoms with Gasteiger partial charge >= 0.3 is 0 Å². The van der Waals surface area contributed by atoms with Gasteiger partial charge in [0.05, 0.1) is 16.1 Å². The van der Waals surface area contributed by atoms with Gasteiger partial charge in [-0.2, -0.15) is 0 Å². The van der Waals surface area contributed by atoms with Gasteiger partial charge < -0.3 is 4.90 Å². The van der Waals surface area contributed by atoms with Gasteiger partial charge in [-0.3, -0.25) is 0 Å². The molecular weight excluding hydrogens is 357 g/mol. The Kier molecular flexibility index (Phi) is 4.00. The van der Waals surface area contributed by atoms with Gasteiger partial charge in [0, 0.05) is 26.0 Å². The maximum atomic E-state index is 12.9. The van der Waals surface area contributed by atoms with E-state index in [2.05, 4.69) is 4.98 Å². The molecular formula is C15H13Cl2N3O2S. The molecule has 1 aromatic carbocycles. The molecule has 5 nitrogen and oxygen atoms in total. The third-order valence-electron chi connectivity index (χ3n) is 3.44. The van der Waals surface area contributed by atoms with Crippen LogP contribution in [0.4, 0.5) is 5.69 Å². The van der Waals surface area contributed by atoms with Crippen LogP contribution in [0.2, 0.25) is 10.2 Å². The van der Waals surface area contributed by atoms with E-state index in [4.69, 9.17) is 23.2 Å². The highest BCUT2D eigenvalue weighted by Gasteiger charge is 2.22. The fraction of sp³-hybridized carbons (Fsp3) is 0.133. The summed E-state index contributed by atoms with van der Waals surface area (Å²) in [5, 5.41) is 0.473. The Morgan fingerprint density at radius 2 is 1.83 bits per heavy atom. The van der Waals surface area contributed by atoms with Gasteiger partial charge in [0.2, 0.25) is 0 Å². The van der Waals surface area contributed by atoms with Crippen molar-refractivity contribution in [1.82, 2.24) is 8.96 Å². The van der Waals surface area contributed by atoms with Crippen molar-refractivity contribution in [3.05, 3.63) is 52.8 Å². The lowest BCUT2D eigenvalue weighted by Crippen LogP contribution is -2.14. The normalized spacial score (nSPS) is 11.8. The average molecular weight is 370 g/mol. The molecule has 3 aromatic rings. The number of hydrogen-bond acceptors (Lipinski definition) is 4. The molecule has 0 aliphatic heterocycles. The summed E-state index contributed by atoms with van der Waals surface area (Å²) < 4.78 is 27.0. The van der Waals surface area contributed by atoms with Gasteiger partial charge in [0.15, 0.2) is 0 Å². The van der Waals surface area contributed by atoms with Crippen molar-refractivity contribution in [1.29, 1.82) is 0 Å². The van der Waals surface area contributed by atoms with Crippen LogP contribution in [-0.2, 0) is 10.0 Å². The minimum atomic E-state index is -3.83. The molecule has 0 fully saturated rings. The Morgan fingerprint density at radius 3 is 2.48 bits per heavy atom. The maximum Gasteiger partial charge on any atom is 0.269 e. The molecule has 0 radical (unpaired) electrons. The van der Waals surface area contributed by atoms with Crippen molar-refractivity contribution in [3.63, 3.8) is 0 Å². The van der Waals surface area contributed by atoms with E-state index in [1.165, 1.54) is 12.3 Å². The van der Waals surface area contributed by atoms with Gasteiger partial charge in [-0.1, -0.05) is 23.2 Å². The third kappa shape index (κ3) is 2.78. The zero-order valence-electron chi connectivity index (χ0n) is 12.4. The number of fused-ring (bicyclic) bond motifs is 1. The summed E-state index contributed by atoms with van der Waals surface area (Å²) in [5.41, 5.74) is 1.77. The van der Waals surface area contributed by atoms with Crippen molar-refractivity contribution < 1.29 is 8.42 Å². The molecule has 0 amide bonds. The Labute approximate surface area is 144 Å². The molecule has 0 spiro atoms. The van der Waals surface area contributed by atoms with Crippen LogP contribution in [0.1, 0.15) is 0 Å². The van der Waals surface area contributed by atoms with Gasteiger partial charge in [-0.15, -0.1) is 0 Å². The first-order chi connectivity index (χ1) is 10.8. The van der Waals surface area contributed by atoms with E-state index < -0.39 is 10.0 Å². The van der Waals surface area contributed by atoms with E-state index in [1.807, 2.05) is 19.0 Å². The highest BCUT2D eigenvalue weighted by Crippen LogP contribution is 2.30. The Bertz CT molecular complexity index is 997. The Hall–Kier alpha value is -1.76. The lowest BCUT2D eigenvalue weighted by molar-refractivity contribution is 0.589. The quantitative estimate of drug-likeness (QED) is 0.661. The fourth-order valence-electron chi connectivity index (χ4n) is 2.26. The molecule has 0 bridgehead atoms. The number of aromatic nitrogens is 2. The molecule has 23 heavy (non-hydrogen) atoms. The second kappa shape index (κ2) is 5.70. The number of pyridine rings is 1. The lowest BCUT2D eigenvalue weighted by Gasteiger charge is -2.15. The molecule has 3 rings (SSSR count). The van der Waals surface area contributed by atoms with E-state index in [-0.39, 0.29) is 9.92 Å². The standard InChI is InChI=1S/C15H13Cl2N3O2S/c1-19(2)10-3-5-14(11(16)9-10)23(21,22)20-8-7-12-13(20)4-6-15(17)18-12/h3-9H,1-2H3. The molecule has 120 valence electrons. The van der Waals surface area contributed by atoms with Crippen LogP contribution in [0.5, 0.6) is 0 Å². The third-order valence-corrected chi connectivity index (χ3v) is 5.83. The summed E-state index contributed by atoms with van der Waals surface area (Å²) in [4.78, 5) is 5.99. The van der Waals surface area contributed by atoms with Crippen molar-refractivity contribution in [2.45, 2.75) is 4.90 Å². The van der Waals surface area contributed by atoms with Crippen LogP contribution in [0, 0.1) is 0 Å². The minimum absolute atomic E-state index is 0.0391. The summed E-state index contributed by atoms with van der Waals surface area (Å²) in [6.45, 7) is 0. The SMILES string of the molecule is CN(C)c1ccc(S(=O)(=O)n2ccc3nc(Cl)ccc32)c(Cl)c1. The van der Waals surface area contributed by atoms with Crippen LogP contribution in [0.25, 0.3) is 11.0 Å². The Balaban J connectivity index is 2.18. The zero-order valence-corrected chi connectivity index (χ0v) is 14.7. The molecule has 8 heteroatoms. The first-order valence-electron chi connectivity index (χ1n) is 6.67. The Morgan fingerprint density at radius 1 is 1.09 bits per heavy atom. The molecule has 0 aliphatic rings. The first kappa shape index (κ1) is 16.1. The summed E-state index contributed by atoms with van der Waals surface area (Å²) >= 11 is 12.0. The predicted molar refractivity (Wildman–Crippen MR) is 93.1 cm³/mol. The summed E-state index contributed by atoms with van der Waals surface area (Å²) in [6.07, 6.45) is 1.44. The molecule has 0 saturated carbocycles. The van der Waals surface area contributed by atoms with Gasteiger partial charge in [-0.05, 0) is 36.4 Å². The van der Waals surface area contributed by atoms with Crippen molar-refractivity contribution in [2.75, 3.05) is 19.0 Å². The lowest BCUT2D eigenvalue weighted by atomic mass is 10.3. The molecule has 2 heterocycles. The molecule has 0 N–H and O–H groups in total. The number of nitrogens with zero attached hydrogens (tertiary/aromatic N) is 3. The van der Waals surface area contributed by atoms with Crippen LogP contribution < -0.4 is 4.90 Å². The van der Waals surface area contributed by atoms with E-state index in [1.54, 1.807) is 30.3 Å².